The molecule has 0 bridgehead atoms. The van der Waals surface area contributed by atoms with E-state index in [0.29, 0.717) is 33.6 Å². The molecule has 1 saturated carbocycles. The highest BCUT2D eigenvalue weighted by Crippen LogP contribution is 2.45. The van der Waals surface area contributed by atoms with Gasteiger partial charge in [0.05, 0.1) is 27.9 Å². The summed E-state index contributed by atoms with van der Waals surface area (Å²) >= 11 is 0. The van der Waals surface area contributed by atoms with Gasteiger partial charge >= 0.3 is 6.18 Å². The third-order valence-corrected chi connectivity index (χ3v) is 8.41. The minimum Gasteiger partial charge on any atom is -0.437 e. The Morgan fingerprint density at radius 2 is 1.76 bits per heavy atom. The molecule has 0 spiro atoms. The summed E-state index contributed by atoms with van der Waals surface area (Å²) in [4.78, 5) is 40.1. The number of furan rings is 1. The Bertz CT molecular complexity index is 1930. The van der Waals surface area contributed by atoms with Gasteiger partial charge in [-0.3, -0.25) is 14.6 Å². The van der Waals surface area contributed by atoms with Crippen LogP contribution in [0.25, 0.3) is 33.6 Å². The monoisotopic (exact) mass is 632 g/mol. The minimum atomic E-state index is -4.45. The number of fused-ring (bicyclic) bond motifs is 1. The molecule has 13 heteroatoms. The van der Waals surface area contributed by atoms with Gasteiger partial charge in [-0.1, -0.05) is 35.0 Å². The first-order valence-electron chi connectivity index (χ1n) is 14.8. The van der Waals surface area contributed by atoms with Crippen LogP contribution in [-0.2, 0) is 12.0 Å². The summed E-state index contributed by atoms with van der Waals surface area (Å²) in [5, 5.41) is 9.94. The molecular formula is C33H31F3N6O4. The van der Waals surface area contributed by atoms with Crippen LogP contribution in [0, 0.1) is 19.8 Å². The van der Waals surface area contributed by atoms with Crippen LogP contribution < -0.4 is 10.6 Å². The summed E-state index contributed by atoms with van der Waals surface area (Å²) in [5.74, 6) is -0.206. The molecule has 2 N–H and O–H groups in total. The Morgan fingerprint density at radius 3 is 2.39 bits per heavy atom. The quantitative estimate of drug-likeness (QED) is 0.189. The number of halogens is 3. The Kier molecular flexibility index (Phi) is 7.87. The minimum absolute atomic E-state index is 0.0217. The maximum absolute atomic E-state index is 13.7. The highest BCUT2D eigenvalue weighted by Gasteiger charge is 2.47. The molecule has 1 aliphatic carbocycles. The maximum atomic E-state index is 13.7. The molecule has 1 aliphatic rings. The zero-order chi connectivity index (χ0) is 32.8. The first kappa shape index (κ1) is 30.9. The van der Waals surface area contributed by atoms with Crippen molar-refractivity contribution in [2.75, 3.05) is 7.05 Å². The second kappa shape index (κ2) is 11.7. The van der Waals surface area contributed by atoms with Gasteiger partial charge in [0.2, 0.25) is 12.1 Å². The largest absolute Gasteiger partial charge is 0.437 e. The fraction of sp³-hybridized carbons (Fsp3) is 0.333. The average molecular weight is 633 g/mol. The van der Waals surface area contributed by atoms with Crippen LogP contribution in [0.1, 0.15) is 69.7 Å². The molecular weight excluding hydrogens is 601 g/mol. The fourth-order valence-corrected chi connectivity index (χ4v) is 5.63. The smallest absolute Gasteiger partial charge is 0.389 e. The number of nitrogens with one attached hydrogen (secondary N) is 2. The van der Waals surface area contributed by atoms with E-state index in [1.807, 2.05) is 26.0 Å². The second-order valence-electron chi connectivity index (χ2n) is 11.7. The van der Waals surface area contributed by atoms with Gasteiger partial charge in [-0.05, 0) is 58.1 Å². The lowest BCUT2D eigenvalue weighted by Crippen LogP contribution is -2.46. The number of aromatic nitrogens is 4. The van der Waals surface area contributed by atoms with E-state index in [2.05, 4.69) is 30.7 Å². The molecule has 1 aromatic carbocycles. The van der Waals surface area contributed by atoms with E-state index in [4.69, 9.17) is 8.94 Å². The predicted octanol–water partition coefficient (Wildman–Crippen LogP) is 6.47. The molecule has 6 rings (SSSR count). The highest BCUT2D eigenvalue weighted by molar-refractivity contribution is 6.11. The molecule has 1 fully saturated rings. The lowest BCUT2D eigenvalue weighted by Gasteiger charge is -2.28. The molecule has 0 aliphatic heterocycles. The highest BCUT2D eigenvalue weighted by atomic mass is 19.4. The summed E-state index contributed by atoms with van der Waals surface area (Å²) in [7, 11) is 1.48. The molecule has 46 heavy (non-hydrogen) atoms. The van der Waals surface area contributed by atoms with Crippen LogP contribution in [-0.4, -0.2) is 45.1 Å². The van der Waals surface area contributed by atoms with Gasteiger partial charge in [0.1, 0.15) is 11.3 Å². The first-order valence-corrected chi connectivity index (χ1v) is 14.8. The zero-order valence-corrected chi connectivity index (χ0v) is 25.6. The van der Waals surface area contributed by atoms with Crippen LogP contribution in [0.4, 0.5) is 13.2 Å². The fourth-order valence-electron chi connectivity index (χ4n) is 5.63. The van der Waals surface area contributed by atoms with Crippen molar-refractivity contribution in [2.24, 2.45) is 5.92 Å². The Balaban J connectivity index is 1.48. The summed E-state index contributed by atoms with van der Waals surface area (Å²) < 4.78 is 51.3. The van der Waals surface area contributed by atoms with Crippen molar-refractivity contribution >= 4 is 22.9 Å². The SMILES string of the molecule is CNC(=O)c1c(-c2ccc(C)cc2)oc2nc(CCC(F)(F)F)c(-c3cnc(C)c(C(=O)NC(C)(c4ncon4)C4CC4)c3)cc12. The molecule has 0 saturated heterocycles. The van der Waals surface area contributed by atoms with Gasteiger partial charge in [-0.15, -0.1) is 0 Å². The molecule has 5 aromatic rings. The van der Waals surface area contributed by atoms with E-state index in [9.17, 15) is 22.8 Å². The number of hydrogen-bond donors (Lipinski definition) is 2. The van der Waals surface area contributed by atoms with Crippen LogP contribution in [0.5, 0.6) is 0 Å². The zero-order valence-electron chi connectivity index (χ0n) is 25.6. The van der Waals surface area contributed by atoms with Crippen LogP contribution in [0.3, 0.4) is 0 Å². The third kappa shape index (κ3) is 5.96. The molecule has 2 amide bonds. The third-order valence-electron chi connectivity index (χ3n) is 8.41. The number of carbonyl (C=O) groups is 2. The molecule has 4 aromatic heterocycles. The van der Waals surface area contributed by atoms with Crippen LogP contribution >= 0.6 is 0 Å². The van der Waals surface area contributed by atoms with Gasteiger partial charge in [-0.2, -0.15) is 18.2 Å². The predicted molar refractivity (Wildman–Crippen MR) is 162 cm³/mol. The molecule has 0 radical (unpaired) electrons. The number of alkyl halides is 3. The molecule has 238 valence electrons. The Hall–Kier alpha value is -5.07. The van der Waals surface area contributed by atoms with Crippen molar-refractivity contribution in [1.82, 2.24) is 30.7 Å². The summed E-state index contributed by atoms with van der Waals surface area (Å²) in [6.07, 6.45) is -1.61. The topological polar surface area (TPSA) is 136 Å². The molecule has 10 nitrogen and oxygen atoms in total. The summed E-state index contributed by atoms with van der Waals surface area (Å²) in [6.45, 7) is 5.42. The van der Waals surface area contributed by atoms with E-state index in [0.717, 1.165) is 18.4 Å². The van der Waals surface area contributed by atoms with Gasteiger partial charge in [0.25, 0.3) is 11.8 Å². The first-order chi connectivity index (χ1) is 21.9. The average Bonchev–Trinajstić information content (AvgIpc) is 3.61. The number of rotatable bonds is 9. The number of benzene rings is 1. The van der Waals surface area contributed by atoms with Crippen molar-refractivity contribution in [1.29, 1.82) is 0 Å². The van der Waals surface area contributed by atoms with Gasteiger partial charge in [0, 0.05) is 36.4 Å². The summed E-state index contributed by atoms with van der Waals surface area (Å²) in [5.41, 5.74) is 2.29. The van der Waals surface area contributed by atoms with Gasteiger partial charge < -0.3 is 19.6 Å². The number of pyridine rings is 2. The normalized spacial score (nSPS) is 14.7. The molecule has 4 heterocycles. The Labute approximate surface area is 261 Å². The van der Waals surface area contributed by atoms with Gasteiger partial charge in [0.15, 0.2) is 5.82 Å². The van der Waals surface area contributed by atoms with Crippen molar-refractivity contribution < 1.29 is 31.7 Å². The van der Waals surface area contributed by atoms with Crippen molar-refractivity contribution in [3.8, 4) is 22.5 Å². The number of hydrogen-bond acceptors (Lipinski definition) is 8. The van der Waals surface area contributed by atoms with E-state index in [1.165, 1.54) is 19.6 Å². The van der Waals surface area contributed by atoms with E-state index < -0.39 is 36.4 Å². The standard InChI is InChI=1S/C33H31F3N6O4/c1-17-5-7-19(8-6-17)27-26(29(44)37-4)24-14-23(25(40-30(24)46-27)11-12-33(34,35)36)20-13-22(18(2)38-15-20)28(43)41-32(3,21-9-10-21)31-39-16-45-42-31/h5-8,13-16,21H,9-12H2,1-4H3,(H,37,44)(H,41,43). The lowest BCUT2D eigenvalue weighted by molar-refractivity contribution is -0.134. The van der Waals surface area contributed by atoms with Crippen molar-refractivity contribution in [3.63, 3.8) is 0 Å². The second-order valence-corrected chi connectivity index (χ2v) is 11.7. The number of aryl methyl sites for hydroxylation is 3. The summed E-state index contributed by atoms with van der Waals surface area (Å²) in [6, 6.07) is 10.5. The van der Waals surface area contributed by atoms with Crippen LogP contribution in [0.15, 0.2) is 57.9 Å². The van der Waals surface area contributed by atoms with Crippen LogP contribution in [0.2, 0.25) is 0 Å². The van der Waals surface area contributed by atoms with E-state index in [-0.39, 0.29) is 34.2 Å². The van der Waals surface area contributed by atoms with E-state index >= 15 is 0 Å². The van der Waals surface area contributed by atoms with E-state index in [1.54, 1.807) is 31.2 Å². The number of amides is 2. The number of nitrogens with zero attached hydrogens (tertiary/aromatic N) is 4. The maximum Gasteiger partial charge on any atom is 0.389 e. The van der Waals surface area contributed by atoms with Gasteiger partial charge in [-0.25, -0.2) is 4.98 Å². The lowest BCUT2D eigenvalue weighted by atomic mass is 9.93. The number of carbonyl (C=O) groups excluding carboxylic acids is 2. The molecule has 1 unspecified atom stereocenters. The Morgan fingerprint density at radius 1 is 1.02 bits per heavy atom. The van der Waals surface area contributed by atoms with Crippen molar-refractivity contribution in [2.45, 2.75) is 58.2 Å². The molecule has 1 atom stereocenters. The van der Waals surface area contributed by atoms with Crippen molar-refractivity contribution in [3.05, 3.63) is 82.9 Å².